The minimum atomic E-state index is -0.359. The number of amides is 2. The van der Waals surface area contributed by atoms with E-state index in [1.165, 1.54) is 0 Å². The Bertz CT molecular complexity index is 634. The number of rotatable bonds is 4. The highest BCUT2D eigenvalue weighted by atomic mass is 16.3. The highest BCUT2D eigenvalue weighted by Gasteiger charge is 2.19. The highest BCUT2D eigenvalue weighted by molar-refractivity contribution is 5.72. The van der Waals surface area contributed by atoms with Crippen molar-refractivity contribution in [1.29, 1.82) is 0 Å². The summed E-state index contributed by atoms with van der Waals surface area (Å²) in [5, 5.41) is 0. The predicted molar refractivity (Wildman–Crippen MR) is 81.0 cm³/mol. The fraction of sp³-hybridized carbons (Fsp3) is 0.467. The van der Waals surface area contributed by atoms with Crippen LogP contribution in [-0.2, 0) is 26.1 Å². The number of hydrogen-bond donors (Lipinski definition) is 1. The van der Waals surface area contributed by atoms with Crippen LogP contribution in [0.4, 0.5) is 4.79 Å². The first-order chi connectivity index (χ1) is 10.6. The third kappa shape index (κ3) is 3.14. The van der Waals surface area contributed by atoms with Crippen LogP contribution in [-0.4, -0.2) is 45.5 Å². The van der Waals surface area contributed by atoms with Gasteiger partial charge < -0.3 is 19.6 Å². The molecule has 3 heterocycles. The Morgan fingerprint density at radius 3 is 3.00 bits per heavy atom. The zero-order valence-corrected chi connectivity index (χ0v) is 12.7. The van der Waals surface area contributed by atoms with Crippen LogP contribution in [0.2, 0.25) is 0 Å². The molecule has 0 saturated heterocycles. The Morgan fingerprint density at radius 2 is 2.27 bits per heavy atom. The zero-order chi connectivity index (χ0) is 15.5. The van der Waals surface area contributed by atoms with Crippen molar-refractivity contribution in [3.8, 4) is 0 Å². The minimum Gasteiger partial charge on any atom is -0.468 e. The Labute approximate surface area is 129 Å². The quantitative estimate of drug-likeness (QED) is 0.915. The lowest BCUT2D eigenvalue weighted by Gasteiger charge is -2.18. The molecule has 2 N–H and O–H groups in total. The number of fused-ring (bicyclic) bond motifs is 1. The summed E-state index contributed by atoms with van der Waals surface area (Å²) >= 11 is 0. The van der Waals surface area contributed by atoms with Gasteiger partial charge in [0.15, 0.2) is 0 Å². The van der Waals surface area contributed by atoms with Crippen molar-refractivity contribution in [1.82, 2.24) is 19.4 Å². The lowest BCUT2D eigenvalue weighted by Crippen LogP contribution is -2.37. The van der Waals surface area contributed by atoms with Gasteiger partial charge >= 0.3 is 6.03 Å². The van der Waals surface area contributed by atoms with Gasteiger partial charge in [0.1, 0.15) is 11.6 Å². The number of aromatic nitrogens is 2. The molecule has 2 aromatic heterocycles. The van der Waals surface area contributed by atoms with Crippen LogP contribution in [0.1, 0.15) is 17.3 Å². The van der Waals surface area contributed by atoms with Crippen LogP contribution >= 0.6 is 0 Å². The van der Waals surface area contributed by atoms with Gasteiger partial charge in [0.2, 0.25) is 0 Å². The topological polar surface area (TPSA) is 80.5 Å². The Hall–Kier alpha value is -2.28. The van der Waals surface area contributed by atoms with Crippen molar-refractivity contribution in [2.45, 2.75) is 26.1 Å². The fourth-order valence-electron chi connectivity index (χ4n) is 2.84. The molecular weight excluding hydrogens is 282 g/mol. The monoisotopic (exact) mass is 303 g/mol. The van der Waals surface area contributed by atoms with E-state index in [0.29, 0.717) is 13.1 Å². The number of carbonyl (C=O) groups is 1. The Morgan fingerprint density at radius 1 is 1.41 bits per heavy atom. The van der Waals surface area contributed by atoms with Crippen molar-refractivity contribution in [3.05, 3.63) is 41.9 Å². The van der Waals surface area contributed by atoms with Crippen LogP contribution in [0.25, 0.3) is 0 Å². The van der Waals surface area contributed by atoms with E-state index in [1.807, 2.05) is 18.3 Å². The maximum atomic E-state index is 11.3. The number of nitrogens with two attached hydrogens (primary N) is 1. The number of urea groups is 1. The van der Waals surface area contributed by atoms with Gasteiger partial charge in [0.05, 0.1) is 18.5 Å². The van der Waals surface area contributed by atoms with Gasteiger partial charge in [-0.1, -0.05) is 0 Å². The molecule has 2 aromatic rings. The first kappa shape index (κ1) is 14.6. The summed E-state index contributed by atoms with van der Waals surface area (Å²) in [5.41, 5.74) is 6.52. The molecule has 0 radical (unpaired) electrons. The van der Waals surface area contributed by atoms with Crippen molar-refractivity contribution in [3.63, 3.8) is 0 Å². The summed E-state index contributed by atoms with van der Waals surface area (Å²) in [6.45, 7) is 3.54. The molecule has 0 unspecified atom stereocenters. The molecule has 0 spiro atoms. The minimum absolute atomic E-state index is 0.359. The van der Waals surface area contributed by atoms with E-state index in [1.54, 1.807) is 11.2 Å². The molecule has 0 atom stereocenters. The zero-order valence-electron chi connectivity index (χ0n) is 12.7. The second kappa shape index (κ2) is 6.23. The summed E-state index contributed by atoms with van der Waals surface area (Å²) in [6.07, 6.45) is 4.35. The van der Waals surface area contributed by atoms with Crippen LogP contribution in [0.3, 0.4) is 0 Å². The molecule has 118 valence electrons. The van der Waals surface area contributed by atoms with Crippen LogP contribution < -0.4 is 5.73 Å². The summed E-state index contributed by atoms with van der Waals surface area (Å²) in [6, 6.07) is 3.51. The number of imidazole rings is 1. The van der Waals surface area contributed by atoms with E-state index < -0.39 is 0 Å². The van der Waals surface area contributed by atoms with Gasteiger partial charge in [-0.15, -0.1) is 0 Å². The number of primary amides is 1. The van der Waals surface area contributed by atoms with E-state index in [-0.39, 0.29) is 6.03 Å². The molecule has 0 aliphatic carbocycles. The van der Waals surface area contributed by atoms with Gasteiger partial charge in [0.25, 0.3) is 0 Å². The standard InChI is InChI=1S/C15H21N5O2/c1-18(11-13-3-2-8-22-13)10-12-9-17-14-4-5-19(15(16)21)6-7-20(12)14/h2-3,8-9H,4-7,10-11H2,1H3,(H2,16,21). The third-order valence-corrected chi connectivity index (χ3v) is 3.97. The number of hydrogen-bond acceptors (Lipinski definition) is 4. The van der Waals surface area contributed by atoms with Gasteiger partial charge in [-0.25, -0.2) is 9.78 Å². The van der Waals surface area contributed by atoms with Crippen LogP contribution in [0.15, 0.2) is 29.0 Å². The largest absolute Gasteiger partial charge is 0.468 e. The van der Waals surface area contributed by atoms with Crippen molar-refractivity contribution in [2.75, 3.05) is 20.1 Å². The molecule has 1 aliphatic heterocycles. The van der Waals surface area contributed by atoms with Gasteiger partial charge in [0, 0.05) is 38.8 Å². The molecule has 0 aromatic carbocycles. The van der Waals surface area contributed by atoms with E-state index in [4.69, 9.17) is 10.2 Å². The normalized spacial score (nSPS) is 14.9. The molecule has 1 aliphatic rings. The van der Waals surface area contributed by atoms with Crippen LogP contribution in [0.5, 0.6) is 0 Å². The smallest absolute Gasteiger partial charge is 0.314 e. The number of furan rings is 1. The van der Waals surface area contributed by atoms with Crippen LogP contribution in [0, 0.1) is 0 Å². The first-order valence-electron chi connectivity index (χ1n) is 7.42. The summed E-state index contributed by atoms with van der Waals surface area (Å²) in [7, 11) is 2.05. The van der Waals surface area contributed by atoms with E-state index in [0.717, 1.165) is 43.3 Å². The molecule has 7 heteroatoms. The molecule has 7 nitrogen and oxygen atoms in total. The molecule has 0 saturated carbocycles. The predicted octanol–water partition coefficient (Wildman–Crippen LogP) is 1.04. The van der Waals surface area contributed by atoms with E-state index >= 15 is 0 Å². The maximum absolute atomic E-state index is 11.3. The Balaban J connectivity index is 1.67. The maximum Gasteiger partial charge on any atom is 0.314 e. The molecule has 3 rings (SSSR count). The lowest BCUT2D eigenvalue weighted by atomic mass is 10.3. The second-order valence-electron chi connectivity index (χ2n) is 5.64. The average Bonchev–Trinajstić information content (AvgIpc) is 3.04. The van der Waals surface area contributed by atoms with Gasteiger partial charge in [-0.3, -0.25) is 4.90 Å². The lowest BCUT2D eigenvalue weighted by molar-refractivity contribution is 0.208. The van der Waals surface area contributed by atoms with Crippen molar-refractivity contribution in [2.24, 2.45) is 5.73 Å². The van der Waals surface area contributed by atoms with Crippen molar-refractivity contribution < 1.29 is 9.21 Å². The highest BCUT2D eigenvalue weighted by Crippen LogP contribution is 2.14. The molecule has 0 fully saturated rings. The van der Waals surface area contributed by atoms with Crippen molar-refractivity contribution >= 4 is 6.03 Å². The van der Waals surface area contributed by atoms with Gasteiger partial charge in [-0.2, -0.15) is 0 Å². The first-order valence-corrected chi connectivity index (χ1v) is 7.42. The van der Waals surface area contributed by atoms with Gasteiger partial charge in [-0.05, 0) is 19.2 Å². The molecular formula is C15H21N5O2. The number of carbonyl (C=O) groups excluding carboxylic acids is 1. The summed E-state index contributed by atoms with van der Waals surface area (Å²) < 4.78 is 7.57. The second-order valence-corrected chi connectivity index (χ2v) is 5.64. The van der Waals surface area contributed by atoms with E-state index in [9.17, 15) is 4.79 Å². The number of nitrogens with zero attached hydrogens (tertiary/aromatic N) is 4. The average molecular weight is 303 g/mol. The van der Waals surface area contributed by atoms with E-state index in [2.05, 4.69) is 21.5 Å². The fourth-order valence-corrected chi connectivity index (χ4v) is 2.84. The summed E-state index contributed by atoms with van der Waals surface area (Å²) in [5.74, 6) is 1.96. The Kier molecular flexibility index (Phi) is 4.15. The molecule has 2 amide bonds. The third-order valence-electron chi connectivity index (χ3n) is 3.97. The molecule has 0 bridgehead atoms. The SMILES string of the molecule is CN(Cc1ccco1)Cc1cnc2n1CCN(C(N)=O)CC2. The molecule has 22 heavy (non-hydrogen) atoms. The summed E-state index contributed by atoms with van der Waals surface area (Å²) in [4.78, 5) is 19.7.